The van der Waals surface area contributed by atoms with Gasteiger partial charge in [-0.1, -0.05) is 12.1 Å². The molecule has 0 aliphatic carbocycles. The van der Waals surface area contributed by atoms with Gasteiger partial charge in [-0.2, -0.15) is 0 Å². The fraction of sp³-hybridized carbons (Fsp3) is 0.286. The Morgan fingerprint density at radius 1 is 1.15 bits per heavy atom. The fourth-order valence-electron chi connectivity index (χ4n) is 2.05. The van der Waals surface area contributed by atoms with Crippen LogP contribution in [-0.4, -0.2) is 8.42 Å². The molecule has 1 heterocycles. The first kappa shape index (κ1) is 14.8. The number of hydrogen-bond donors (Lipinski definition) is 2. The smallest absolute Gasteiger partial charge is 0.238 e. The quantitative estimate of drug-likeness (QED) is 0.886. The summed E-state index contributed by atoms with van der Waals surface area (Å²) in [5, 5.41) is 8.49. The second-order valence-electron chi connectivity index (χ2n) is 4.74. The van der Waals surface area contributed by atoms with E-state index in [1.54, 1.807) is 18.4 Å². The highest BCUT2D eigenvalue weighted by Crippen LogP contribution is 2.21. The number of hydrogen-bond acceptors (Lipinski definition) is 4. The maximum atomic E-state index is 11.4. The van der Waals surface area contributed by atoms with Crippen LogP contribution in [0, 0.1) is 0 Å². The summed E-state index contributed by atoms with van der Waals surface area (Å²) in [7, 11) is -3.68. The lowest BCUT2D eigenvalue weighted by Crippen LogP contribution is -2.22. The average Bonchev–Trinajstić information content (AvgIpc) is 2.91. The minimum absolute atomic E-state index is 0.0261. The lowest BCUT2D eigenvalue weighted by Gasteiger charge is -2.19. The Bertz CT molecular complexity index is 665. The first-order chi connectivity index (χ1) is 9.38. The van der Waals surface area contributed by atoms with Crippen LogP contribution in [0.25, 0.3) is 0 Å². The molecule has 0 aliphatic heterocycles. The number of furan rings is 1. The number of rotatable bonds is 5. The van der Waals surface area contributed by atoms with Crippen molar-refractivity contribution in [1.82, 2.24) is 5.32 Å². The van der Waals surface area contributed by atoms with Gasteiger partial charge < -0.3 is 9.73 Å². The first-order valence-electron chi connectivity index (χ1n) is 6.30. The van der Waals surface area contributed by atoms with E-state index in [1.165, 1.54) is 6.07 Å². The molecule has 3 N–H and O–H groups in total. The van der Waals surface area contributed by atoms with Crippen LogP contribution in [0.2, 0.25) is 0 Å². The Morgan fingerprint density at radius 3 is 2.50 bits per heavy atom. The van der Waals surface area contributed by atoms with Gasteiger partial charge in [0.05, 0.1) is 17.2 Å². The third kappa shape index (κ3) is 3.47. The zero-order chi connectivity index (χ0) is 14.8. The van der Waals surface area contributed by atoms with Crippen molar-refractivity contribution in [3.05, 3.63) is 54.0 Å². The van der Waals surface area contributed by atoms with Gasteiger partial charge in [0.25, 0.3) is 0 Å². The van der Waals surface area contributed by atoms with E-state index >= 15 is 0 Å². The standard InChI is InChI=1S/C14H18N2O3S/c1-10(16-11(2)14-7-4-8-19-14)12-5-3-6-13(9-12)20(15,17)18/h3-11,16H,1-2H3,(H2,15,17,18). The van der Waals surface area contributed by atoms with E-state index in [0.717, 1.165) is 11.3 Å². The topological polar surface area (TPSA) is 85.3 Å². The van der Waals surface area contributed by atoms with Crippen LogP contribution < -0.4 is 10.5 Å². The van der Waals surface area contributed by atoms with Gasteiger partial charge in [0, 0.05) is 6.04 Å². The third-order valence-corrected chi connectivity index (χ3v) is 4.07. The van der Waals surface area contributed by atoms with Crippen LogP contribution in [0.1, 0.15) is 37.3 Å². The lowest BCUT2D eigenvalue weighted by atomic mass is 10.1. The van der Waals surface area contributed by atoms with E-state index < -0.39 is 10.0 Å². The average molecular weight is 294 g/mol. The highest BCUT2D eigenvalue weighted by atomic mass is 32.2. The Labute approximate surface area is 118 Å². The van der Waals surface area contributed by atoms with Crippen molar-refractivity contribution in [2.24, 2.45) is 5.14 Å². The van der Waals surface area contributed by atoms with E-state index in [0.29, 0.717) is 0 Å². The molecule has 0 fully saturated rings. The molecule has 20 heavy (non-hydrogen) atoms. The summed E-state index contributed by atoms with van der Waals surface area (Å²) in [5.74, 6) is 0.833. The van der Waals surface area contributed by atoms with Crippen LogP contribution in [0.5, 0.6) is 0 Å². The molecule has 0 bridgehead atoms. The minimum atomic E-state index is -3.68. The number of primary sulfonamides is 1. The zero-order valence-electron chi connectivity index (χ0n) is 11.4. The monoisotopic (exact) mass is 294 g/mol. The van der Waals surface area contributed by atoms with Gasteiger partial charge >= 0.3 is 0 Å². The van der Waals surface area contributed by atoms with Gasteiger partial charge in [-0.25, -0.2) is 13.6 Å². The van der Waals surface area contributed by atoms with Crippen molar-refractivity contribution in [2.75, 3.05) is 0 Å². The molecule has 0 amide bonds. The third-order valence-electron chi connectivity index (χ3n) is 3.16. The first-order valence-corrected chi connectivity index (χ1v) is 7.85. The Hall–Kier alpha value is -1.63. The molecule has 2 aromatic rings. The molecule has 108 valence electrons. The van der Waals surface area contributed by atoms with Crippen molar-refractivity contribution in [1.29, 1.82) is 0 Å². The van der Waals surface area contributed by atoms with E-state index in [2.05, 4.69) is 5.32 Å². The molecule has 0 aliphatic rings. The summed E-state index contributed by atoms with van der Waals surface area (Å²) >= 11 is 0. The van der Waals surface area contributed by atoms with Crippen molar-refractivity contribution in [2.45, 2.75) is 30.8 Å². The predicted octanol–water partition coefficient (Wildman–Crippen LogP) is 2.34. The molecule has 2 atom stereocenters. The molecule has 0 spiro atoms. The fourth-order valence-corrected chi connectivity index (χ4v) is 2.62. The normalized spacial score (nSPS) is 14.9. The van der Waals surface area contributed by atoms with Crippen molar-refractivity contribution < 1.29 is 12.8 Å². The summed E-state index contributed by atoms with van der Waals surface area (Å²) in [6, 6.07) is 10.3. The molecule has 5 nitrogen and oxygen atoms in total. The molecule has 2 unspecified atom stereocenters. The van der Waals surface area contributed by atoms with Gasteiger partial charge in [0.2, 0.25) is 10.0 Å². The van der Waals surface area contributed by atoms with Crippen molar-refractivity contribution in [3.8, 4) is 0 Å². The summed E-state index contributed by atoms with van der Waals surface area (Å²) in [5.41, 5.74) is 0.856. The largest absolute Gasteiger partial charge is 0.468 e. The van der Waals surface area contributed by atoms with Crippen LogP contribution in [-0.2, 0) is 10.0 Å². The highest BCUT2D eigenvalue weighted by molar-refractivity contribution is 7.89. The van der Waals surface area contributed by atoms with Crippen molar-refractivity contribution >= 4 is 10.0 Å². The Morgan fingerprint density at radius 2 is 1.90 bits per heavy atom. The molecular formula is C14H18N2O3S. The highest BCUT2D eigenvalue weighted by Gasteiger charge is 2.15. The van der Waals surface area contributed by atoms with E-state index in [1.807, 2.05) is 32.0 Å². The molecular weight excluding hydrogens is 276 g/mol. The minimum Gasteiger partial charge on any atom is -0.468 e. The Balaban J connectivity index is 2.15. The van der Waals surface area contributed by atoms with Gasteiger partial charge in [0.1, 0.15) is 5.76 Å². The molecule has 0 radical (unpaired) electrons. The molecule has 0 saturated carbocycles. The molecule has 1 aromatic carbocycles. The lowest BCUT2D eigenvalue weighted by molar-refractivity contribution is 0.402. The zero-order valence-corrected chi connectivity index (χ0v) is 12.2. The number of sulfonamides is 1. The van der Waals surface area contributed by atoms with Gasteiger partial charge in [-0.05, 0) is 43.7 Å². The van der Waals surface area contributed by atoms with Crippen molar-refractivity contribution in [3.63, 3.8) is 0 Å². The van der Waals surface area contributed by atoms with Gasteiger partial charge in [-0.3, -0.25) is 0 Å². The molecule has 2 rings (SSSR count). The second kappa shape index (κ2) is 5.78. The summed E-state index contributed by atoms with van der Waals surface area (Å²) in [4.78, 5) is 0.120. The van der Waals surface area contributed by atoms with Crippen LogP contribution in [0.4, 0.5) is 0 Å². The predicted molar refractivity (Wildman–Crippen MR) is 76.5 cm³/mol. The van der Waals surface area contributed by atoms with Crippen LogP contribution >= 0.6 is 0 Å². The SMILES string of the molecule is CC(NC(C)c1ccco1)c1cccc(S(N)(=O)=O)c1. The Kier molecular flexibility index (Phi) is 4.27. The number of nitrogens with two attached hydrogens (primary N) is 1. The summed E-state index contributed by atoms with van der Waals surface area (Å²) < 4.78 is 28.0. The van der Waals surface area contributed by atoms with Crippen LogP contribution in [0.15, 0.2) is 52.0 Å². The van der Waals surface area contributed by atoms with E-state index in [-0.39, 0.29) is 17.0 Å². The molecule has 1 aromatic heterocycles. The second-order valence-corrected chi connectivity index (χ2v) is 6.30. The summed E-state index contributed by atoms with van der Waals surface area (Å²) in [6.07, 6.45) is 1.62. The maximum Gasteiger partial charge on any atom is 0.238 e. The van der Waals surface area contributed by atoms with Gasteiger partial charge in [-0.15, -0.1) is 0 Å². The summed E-state index contributed by atoms with van der Waals surface area (Å²) in [6.45, 7) is 3.94. The van der Waals surface area contributed by atoms with Crippen LogP contribution in [0.3, 0.4) is 0 Å². The number of benzene rings is 1. The molecule has 0 saturated heterocycles. The molecule has 6 heteroatoms. The van der Waals surface area contributed by atoms with E-state index in [4.69, 9.17) is 9.56 Å². The maximum absolute atomic E-state index is 11.4. The van der Waals surface area contributed by atoms with E-state index in [9.17, 15) is 8.42 Å². The number of nitrogens with one attached hydrogen (secondary N) is 1. The van der Waals surface area contributed by atoms with Gasteiger partial charge in [0.15, 0.2) is 0 Å².